The molecule has 0 aliphatic rings. The van der Waals surface area contributed by atoms with E-state index in [1.54, 1.807) is 6.92 Å². The third-order valence-corrected chi connectivity index (χ3v) is 2.64. The Kier molecular flexibility index (Phi) is 9.77. The summed E-state index contributed by atoms with van der Waals surface area (Å²) >= 11 is 5.52. The summed E-state index contributed by atoms with van der Waals surface area (Å²) in [5.41, 5.74) is 1.22. The van der Waals surface area contributed by atoms with Gasteiger partial charge in [0, 0.05) is 12.1 Å². The molecule has 0 aliphatic carbocycles. The lowest BCUT2D eigenvalue weighted by Crippen LogP contribution is -2.11. The van der Waals surface area contributed by atoms with E-state index in [1.807, 2.05) is 13.0 Å². The summed E-state index contributed by atoms with van der Waals surface area (Å²) < 4.78 is 4.69. The Morgan fingerprint density at radius 3 is 2.30 bits per heavy atom. The van der Waals surface area contributed by atoms with E-state index >= 15 is 0 Å². The number of hydrogen-bond acceptors (Lipinski definition) is 3. The van der Waals surface area contributed by atoms with Crippen LogP contribution in [0.25, 0.3) is 0 Å². The second-order valence-electron chi connectivity index (χ2n) is 4.73. The SMILES string of the molecule is C=C(C)C(=O)OC(Cl)CC.CN(C)Cc1ccccc1. The number of alkyl halides is 1. The first kappa shape index (κ1) is 18.7. The second kappa shape index (κ2) is 10.5. The molecule has 3 nitrogen and oxygen atoms in total. The zero-order valence-electron chi connectivity index (χ0n) is 12.7. The topological polar surface area (TPSA) is 29.5 Å². The summed E-state index contributed by atoms with van der Waals surface area (Å²) in [7, 11) is 4.15. The van der Waals surface area contributed by atoms with Crippen LogP contribution in [-0.2, 0) is 16.1 Å². The number of ether oxygens (including phenoxy) is 1. The molecule has 112 valence electrons. The highest BCUT2D eigenvalue weighted by molar-refractivity contribution is 6.20. The molecular formula is C16H24ClNO2. The standard InChI is InChI=1S/C9H13N.C7H11ClO2/c1-10(2)8-9-6-4-3-5-7-9;1-4-6(8)10-7(9)5(2)3/h3-7H,8H2,1-2H3;6H,2,4H2,1,3H3. The lowest BCUT2D eigenvalue weighted by atomic mass is 10.2. The summed E-state index contributed by atoms with van der Waals surface area (Å²) in [6.07, 6.45) is 0.612. The number of esters is 1. The maximum atomic E-state index is 10.7. The van der Waals surface area contributed by atoms with E-state index < -0.39 is 11.5 Å². The number of benzene rings is 1. The first-order chi connectivity index (χ1) is 9.36. The van der Waals surface area contributed by atoms with Gasteiger partial charge in [0.1, 0.15) is 0 Å². The Balaban J connectivity index is 0.000000361. The maximum absolute atomic E-state index is 10.7. The van der Waals surface area contributed by atoms with Crippen molar-refractivity contribution in [2.75, 3.05) is 14.1 Å². The van der Waals surface area contributed by atoms with Crippen LogP contribution in [0, 0.1) is 0 Å². The zero-order chi connectivity index (χ0) is 15.5. The molecule has 1 rings (SSSR count). The van der Waals surface area contributed by atoms with Gasteiger partial charge in [0.2, 0.25) is 0 Å². The Bertz CT molecular complexity index is 404. The smallest absolute Gasteiger partial charge is 0.334 e. The molecule has 0 N–H and O–H groups in total. The van der Waals surface area contributed by atoms with Crippen molar-refractivity contribution in [3.8, 4) is 0 Å². The lowest BCUT2D eigenvalue weighted by molar-refractivity contribution is -0.140. The van der Waals surface area contributed by atoms with E-state index in [2.05, 4.69) is 54.6 Å². The zero-order valence-corrected chi connectivity index (χ0v) is 13.5. The molecule has 0 aliphatic heterocycles. The highest BCUT2D eigenvalue weighted by Gasteiger charge is 2.08. The summed E-state index contributed by atoms with van der Waals surface area (Å²) in [4.78, 5) is 12.9. The molecule has 0 bridgehead atoms. The van der Waals surface area contributed by atoms with Crippen LogP contribution in [0.15, 0.2) is 42.5 Å². The van der Waals surface area contributed by atoms with Gasteiger partial charge in [-0.05, 0) is 33.0 Å². The van der Waals surface area contributed by atoms with Crippen molar-refractivity contribution in [1.82, 2.24) is 4.90 Å². The van der Waals surface area contributed by atoms with E-state index in [-0.39, 0.29) is 0 Å². The highest BCUT2D eigenvalue weighted by Crippen LogP contribution is 2.05. The molecule has 4 heteroatoms. The van der Waals surface area contributed by atoms with E-state index in [1.165, 1.54) is 5.56 Å². The van der Waals surface area contributed by atoms with Gasteiger partial charge >= 0.3 is 5.97 Å². The van der Waals surface area contributed by atoms with Crippen LogP contribution in [0.5, 0.6) is 0 Å². The Labute approximate surface area is 127 Å². The molecule has 0 saturated carbocycles. The molecule has 0 spiro atoms. The van der Waals surface area contributed by atoms with E-state index in [0.717, 1.165) is 6.54 Å². The molecule has 20 heavy (non-hydrogen) atoms. The molecule has 1 aromatic rings. The minimum absolute atomic E-state index is 0.374. The van der Waals surface area contributed by atoms with E-state index in [9.17, 15) is 4.79 Å². The number of rotatable bonds is 5. The fraction of sp³-hybridized carbons (Fsp3) is 0.438. The lowest BCUT2D eigenvalue weighted by Gasteiger charge is -2.08. The van der Waals surface area contributed by atoms with Gasteiger partial charge in [-0.25, -0.2) is 4.79 Å². The predicted molar refractivity (Wildman–Crippen MR) is 84.7 cm³/mol. The van der Waals surface area contributed by atoms with Crippen LogP contribution < -0.4 is 0 Å². The largest absolute Gasteiger partial charge is 0.443 e. The highest BCUT2D eigenvalue weighted by atomic mass is 35.5. The van der Waals surface area contributed by atoms with Crippen molar-refractivity contribution in [3.05, 3.63) is 48.0 Å². The molecule has 0 aromatic heterocycles. The third-order valence-electron chi connectivity index (χ3n) is 2.25. The van der Waals surface area contributed by atoms with Crippen molar-refractivity contribution < 1.29 is 9.53 Å². The number of hydrogen-bond donors (Lipinski definition) is 0. The summed E-state index contributed by atoms with van der Waals surface area (Å²) in [6, 6.07) is 10.5. The Hall–Kier alpha value is -1.32. The molecule has 0 heterocycles. The van der Waals surface area contributed by atoms with Gasteiger partial charge in [-0.15, -0.1) is 0 Å². The van der Waals surface area contributed by atoms with Crippen molar-refractivity contribution >= 4 is 17.6 Å². The van der Waals surface area contributed by atoms with Crippen molar-refractivity contribution in [1.29, 1.82) is 0 Å². The van der Waals surface area contributed by atoms with Gasteiger partial charge in [-0.2, -0.15) is 0 Å². The number of carbonyl (C=O) groups excluding carboxylic acids is 1. The van der Waals surface area contributed by atoms with Crippen molar-refractivity contribution in [3.63, 3.8) is 0 Å². The number of nitrogens with zero attached hydrogens (tertiary/aromatic N) is 1. The van der Waals surface area contributed by atoms with Crippen LogP contribution in [0.2, 0.25) is 0 Å². The van der Waals surface area contributed by atoms with Crippen LogP contribution in [0.4, 0.5) is 0 Å². The molecule has 0 amide bonds. The minimum atomic E-state index is -0.524. The molecule has 0 radical (unpaired) electrons. The normalized spacial score (nSPS) is 11.3. The van der Waals surface area contributed by atoms with Gasteiger partial charge in [0.15, 0.2) is 5.56 Å². The predicted octanol–water partition coefficient (Wildman–Crippen LogP) is 3.83. The second-order valence-corrected chi connectivity index (χ2v) is 5.21. The van der Waals surface area contributed by atoms with Gasteiger partial charge in [-0.1, -0.05) is 55.4 Å². The summed E-state index contributed by atoms with van der Waals surface area (Å²) in [5, 5.41) is 0. The maximum Gasteiger partial charge on any atom is 0.334 e. The average molecular weight is 298 g/mol. The van der Waals surface area contributed by atoms with Crippen LogP contribution in [-0.4, -0.2) is 30.5 Å². The van der Waals surface area contributed by atoms with Crippen LogP contribution >= 0.6 is 11.6 Å². The fourth-order valence-electron chi connectivity index (χ4n) is 1.25. The molecule has 1 atom stereocenters. The average Bonchev–Trinajstić information content (AvgIpc) is 2.39. The van der Waals surface area contributed by atoms with Gasteiger partial charge in [-0.3, -0.25) is 0 Å². The van der Waals surface area contributed by atoms with Crippen LogP contribution in [0.1, 0.15) is 25.8 Å². The molecule has 1 aromatic carbocycles. The summed E-state index contributed by atoms with van der Waals surface area (Å²) in [5.74, 6) is -0.429. The van der Waals surface area contributed by atoms with E-state index in [0.29, 0.717) is 12.0 Å². The molecular weight excluding hydrogens is 274 g/mol. The first-order valence-corrected chi connectivity index (χ1v) is 6.99. The van der Waals surface area contributed by atoms with Crippen LogP contribution in [0.3, 0.4) is 0 Å². The van der Waals surface area contributed by atoms with Crippen molar-refractivity contribution in [2.24, 2.45) is 0 Å². The quantitative estimate of drug-likeness (QED) is 0.470. The Morgan fingerprint density at radius 1 is 1.35 bits per heavy atom. The first-order valence-electron chi connectivity index (χ1n) is 6.56. The molecule has 1 unspecified atom stereocenters. The third kappa shape index (κ3) is 9.59. The van der Waals surface area contributed by atoms with Crippen molar-refractivity contribution in [2.45, 2.75) is 32.4 Å². The van der Waals surface area contributed by atoms with Gasteiger partial charge in [0.25, 0.3) is 0 Å². The fourth-order valence-corrected chi connectivity index (χ4v) is 1.33. The molecule has 0 fully saturated rings. The van der Waals surface area contributed by atoms with E-state index in [4.69, 9.17) is 11.6 Å². The van der Waals surface area contributed by atoms with Gasteiger partial charge in [0.05, 0.1) is 0 Å². The number of halogens is 1. The summed E-state index contributed by atoms with van der Waals surface area (Å²) in [6.45, 7) is 7.86. The molecule has 0 saturated heterocycles. The van der Waals surface area contributed by atoms with Gasteiger partial charge < -0.3 is 9.64 Å². The monoisotopic (exact) mass is 297 g/mol. The Morgan fingerprint density at radius 2 is 1.90 bits per heavy atom. The number of carbonyl (C=O) groups is 1. The minimum Gasteiger partial charge on any atom is -0.443 e.